The van der Waals surface area contributed by atoms with Crippen LogP contribution in [-0.4, -0.2) is 24.9 Å². The number of rotatable bonds is 3. The van der Waals surface area contributed by atoms with Crippen LogP contribution < -0.4 is 5.73 Å². The molecule has 0 aromatic carbocycles. The van der Waals surface area contributed by atoms with Gasteiger partial charge in [0.25, 0.3) is 0 Å². The summed E-state index contributed by atoms with van der Waals surface area (Å²) in [5.41, 5.74) is 5.24. The van der Waals surface area contributed by atoms with Crippen LogP contribution >= 0.6 is 0 Å². The van der Waals surface area contributed by atoms with E-state index in [1.54, 1.807) is 0 Å². The quantitative estimate of drug-likeness (QED) is 0.542. The van der Waals surface area contributed by atoms with Crippen LogP contribution in [-0.2, 0) is 14.3 Å². The van der Waals surface area contributed by atoms with Gasteiger partial charge in [-0.15, -0.1) is 0 Å². The molecule has 0 spiro atoms. The first-order valence-corrected chi connectivity index (χ1v) is 2.90. The van der Waals surface area contributed by atoms with Gasteiger partial charge in [0.2, 0.25) is 0 Å². The van der Waals surface area contributed by atoms with E-state index in [0.717, 1.165) is 0 Å². The second-order valence-corrected chi connectivity index (χ2v) is 2.00. The average Bonchev–Trinajstić information content (AvgIpc) is 1.87. The minimum Gasteiger partial charge on any atom is -0.469 e. The smallest absolute Gasteiger partial charge is 0.307 e. The number of ketones is 1. The maximum absolute atomic E-state index is 10.5. The molecule has 4 nitrogen and oxygen atoms in total. The topological polar surface area (TPSA) is 69.4 Å². The van der Waals surface area contributed by atoms with Gasteiger partial charge in [-0.25, -0.2) is 0 Å². The minimum absolute atomic E-state index is 0.0359. The van der Waals surface area contributed by atoms with Crippen LogP contribution in [0.25, 0.3) is 0 Å². The van der Waals surface area contributed by atoms with E-state index in [9.17, 15) is 9.59 Å². The van der Waals surface area contributed by atoms with Crippen molar-refractivity contribution in [2.45, 2.75) is 19.4 Å². The van der Waals surface area contributed by atoms with E-state index in [1.807, 2.05) is 0 Å². The molecule has 10 heavy (non-hydrogen) atoms. The highest BCUT2D eigenvalue weighted by molar-refractivity contribution is 5.86. The molecule has 0 heterocycles. The van der Waals surface area contributed by atoms with Gasteiger partial charge >= 0.3 is 5.97 Å². The molecule has 0 aromatic heterocycles. The van der Waals surface area contributed by atoms with E-state index in [0.29, 0.717) is 0 Å². The molecule has 0 unspecified atom stereocenters. The lowest BCUT2D eigenvalue weighted by molar-refractivity contribution is -0.142. The molecular formula is C6H11NO3. The predicted molar refractivity (Wildman–Crippen MR) is 35.3 cm³/mol. The SMILES string of the molecule is COC(=O)C[C@H](N)C(C)=O. The van der Waals surface area contributed by atoms with Crippen molar-refractivity contribution >= 4 is 11.8 Å². The van der Waals surface area contributed by atoms with Crippen molar-refractivity contribution in [3.8, 4) is 0 Å². The number of carbonyl (C=O) groups is 2. The molecule has 0 rings (SSSR count). The standard InChI is InChI=1S/C6H11NO3/c1-4(8)5(7)3-6(9)10-2/h5H,3,7H2,1-2H3/t5-/m0/s1. The van der Waals surface area contributed by atoms with E-state index >= 15 is 0 Å². The fourth-order valence-corrected chi connectivity index (χ4v) is 0.407. The zero-order valence-electron chi connectivity index (χ0n) is 6.09. The fourth-order valence-electron chi connectivity index (χ4n) is 0.407. The lowest BCUT2D eigenvalue weighted by Gasteiger charge is -2.03. The number of Topliss-reactive ketones (excluding diaryl/α,β-unsaturated/α-hetero) is 1. The lowest BCUT2D eigenvalue weighted by Crippen LogP contribution is -2.31. The van der Waals surface area contributed by atoms with Gasteiger partial charge < -0.3 is 10.5 Å². The third kappa shape index (κ3) is 3.19. The molecule has 0 aliphatic rings. The van der Waals surface area contributed by atoms with Crippen molar-refractivity contribution < 1.29 is 14.3 Å². The van der Waals surface area contributed by atoms with Crippen LogP contribution in [0.5, 0.6) is 0 Å². The molecule has 0 radical (unpaired) electrons. The van der Waals surface area contributed by atoms with Crippen molar-refractivity contribution in [1.29, 1.82) is 0 Å². The van der Waals surface area contributed by atoms with Crippen LogP contribution in [0.2, 0.25) is 0 Å². The van der Waals surface area contributed by atoms with Crippen molar-refractivity contribution in [2.24, 2.45) is 5.73 Å². The third-order valence-corrected chi connectivity index (χ3v) is 1.14. The molecule has 0 bridgehead atoms. The van der Waals surface area contributed by atoms with Crippen molar-refractivity contribution in [2.75, 3.05) is 7.11 Å². The molecule has 1 atom stereocenters. The number of nitrogens with two attached hydrogens (primary N) is 1. The largest absolute Gasteiger partial charge is 0.469 e. The maximum atomic E-state index is 10.5. The molecule has 2 N–H and O–H groups in total. The molecule has 0 amide bonds. The van der Waals surface area contributed by atoms with Gasteiger partial charge in [0.05, 0.1) is 19.6 Å². The number of hydrogen-bond acceptors (Lipinski definition) is 4. The van der Waals surface area contributed by atoms with Crippen LogP contribution in [0.1, 0.15) is 13.3 Å². The van der Waals surface area contributed by atoms with E-state index in [1.165, 1.54) is 14.0 Å². The Bertz CT molecular complexity index is 144. The van der Waals surface area contributed by atoms with Crippen molar-refractivity contribution in [3.05, 3.63) is 0 Å². The molecule has 4 heteroatoms. The van der Waals surface area contributed by atoms with E-state index in [4.69, 9.17) is 5.73 Å². The van der Waals surface area contributed by atoms with E-state index < -0.39 is 12.0 Å². The maximum Gasteiger partial charge on any atom is 0.307 e. The highest BCUT2D eigenvalue weighted by atomic mass is 16.5. The zero-order chi connectivity index (χ0) is 8.15. The first-order valence-electron chi connectivity index (χ1n) is 2.90. The number of methoxy groups -OCH3 is 1. The second-order valence-electron chi connectivity index (χ2n) is 2.00. The molecule has 0 saturated heterocycles. The summed E-state index contributed by atoms with van der Waals surface area (Å²) in [4.78, 5) is 20.9. The average molecular weight is 145 g/mol. The van der Waals surface area contributed by atoms with Crippen molar-refractivity contribution in [1.82, 2.24) is 0 Å². The third-order valence-electron chi connectivity index (χ3n) is 1.14. The molecule has 58 valence electrons. The summed E-state index contributed by atoms with van der Waals surface area (Å²) in [6.45, 7) is 1.34. The highest BCUT2D eigenvalue weighted by Crippen LogP contribution is 1.91. The summed E-state index contributed by atoms with van der Waals surface area (Å²) in [7, 11) is 1.26. The van der Waals surface area contributed by atoms with Gasteiger partial charge in [0.15, 0.2) is 0 Å². The summed E-state index contributed by atoms with van der Waals surface area (Å²) >= 11 is 0. The Balaban J connectivity index is 3.68. The minimum atomic E-state index is -0.715. The second kappa shape index (κ2) is 4.00. The van der Waals surface area contributed by atoms with Crippen LogP contribution in [0.3, 0.4) is 0 Å². The van der Waals surface area contributed by atoms with Crippen molar-refractivity contribution in [3.63, 3.8) is 0 Å². The first kappa shape index (κ1) is 9.10. The Morgan fingerprint density at radius 2 is 2.10 bits per heavy atom. The molecule has 0 fully saturated rings. The highest BCUT2D eigenvalue weighted by Gasteiger charge is 2.12. The predicted octanol–water partition coefficient (Wildman–Crippen LogP) is -0.534. The summed E-state index contributed by atoms with van der Waals surface area (Å²) in [6, 6.07) is -0.715. The molecule has 0 aliphatic carbocycles. The van der Waals surface area contributed by atoms with Gasteiger partial charge in [-0.05, 0) is 6.92 Å². The molecular weight excluding hydrogens is 134 g/mol. The molecule has 0 aliphatic heterocycles. The normalized spacial score (nSPS) is 12.3. The Morgan fingerprint density at radius 1 is 1.60 bits per heavy atom. The van der Waals surface area contributed by atoms with Crippen LogP contribution in [0, 0.1) is 0 Å². The summed E-state index contributed by atoms with van der Waals surface area (Å²) in [5.74, 6) is -0.659. The summed E-state index contributed by atoms with van der Waals surface area (Å²) in [6.07, 6.45) is -0.0359. The Morgan fingerprint density at radius 3 is 2.40 bits per heavy atom. The number of hydrogen-bond donors (Lipinski definition) is 1. The Hall–Kier alpha value is -0.900. The number of esters is 1. The summed E-state index contributed by atoms with van der Waals surface area (Å²) in [5, 5.41) is 0. The van der Waals surface area contributed by atoms with Gasteiger partial charge in [0.1, 0.15) is 5.78 Å². The van der Waals surface area contributed by atoms with Gasteiger partial charge in [0, 0.05) is 0 Å². The first-order chi connectivity index (χ1) is 4.57. The Labute approximate surface area is 59.3 Å². The van der Waals surface area contributed by atoms with Gasteiger partial charge in [-0.3, -0.25) is 9.59 Å². The van der Waals surface area contributed by atoms with Gasteiger partial charge in [-0.1, -0.05) is 0 Å². The monoisotopic (exact) mass is 145 g/mol. The molecule has 0 saturated carbocycles. The number of carbonyl (C=O) groups excluding carboxylic acids is 2. The summed E-state index contributed by atoms with van der Waals surface area (Å²) < 4.78 is 4.30. The van der Waals surface area contributed by atoms with Crippen LogP contribution in [0.15, 0.2) is 0 Å². The fraction of sp³-hybridized carbons (Fsp3) is 0.667. The van der Waals surface area contributed by atoms with E-state index in [2.05, 4.69) is 4.74 Å². The zero-order valence-corrected chi connectivity index (χ0v) is 6.09. The number of ether oxygens (including phenoxy) is 1. The molecule has 0 aromatic rings. The Kier molecular flexibility index (Phi) is 3.64. The van der Waals surface area contributed by atoms with E-state index in [-0.39, 0.29) is 12.2 Å². The van der Waals surface area contributed by atoms with Gasteiger partial charge in [-0.2, -0.15) is 0 Å². The lowest BCUT2D eigenvalue weighted by atomic mass is 10.1. The van der Waals surface area contributed by atoms with Crippen LogP contribution in [0.4, 0.5) is 0 Å².